The van der Waals surface area contributed by atoms with Crippen molar-refractivity contribution in [3.05, 3.63) is 77.9 Å². The average Bonchev–Trinajstić information content (AvgIpc) is 2.82. The molecule has 2 atom stereocenters. The van der Waals surface area contributed by atoms with Gasteiger partial charge in [0.25, 0.3) is 0 Å². The molecule has 0 aliphatic rings. The molecule has 0 unspecified atom stereocenters. The molecule has 0 saturated heterocycles. The molecular formula is C25H23BrF4O4. The summed E-state index contributed by atoms with van der Waals surface area (Å²) in [5.74, 6) is -6.11. The summed E-state index contributed by atoms with van der Waals surface area (Å²) >= 11 is 1.71. The zero-order valence-corrected chi connectivity index (χ0v) is 20.0. The summed E-state index contributed by atoms with van der Waals surface area (Å²) in [6.45, 7) is 0.431. The van der Waals surface area contributed by atoms with Crippen molar-refractivity contribution in [3.63, 3.8) is 0 Å². The van der Waals surface area contributed by atoms with Crippen molar-refractivity contribution in [2.24, 2.45) is 0 Å². The summed E-state index contributed by atoms with van der Waals surface area (Å²) < 4.78 is 71.4. The van der Waals surface area contributed by atoms with Gasteiger partial charge in [0.05, 0.1) is 26.2 Å². The molecule has 0 aliphatic heterocycles. The van der Waals surface area contributed by atoms with Crippen molar-refractivity contribution in [2.45, 2.75) is 36.3 Å². The molecule has 0 fully saturated rings. The van der Waals surface area contributed by atoms with Gasteiger partial charge in [0.2, 0.25) is 0 Å². The van der Waals surface area contributed by atoms with Crippen molar-refractivity contribution >= 4 is 32.7 Å². The van der Waals surface area contributed by atoms with E-state index in [2.05, 4.69) is 0 Å². The van der Waals surface area contributed by atoms with Crippen molar-refractivity contribution in [1.82, 2.24) is 0 Å². The SMILES string of the molecule is COc1ccc2cc([C@H](C)C(=O)O[C@H](COCc3ccccc3)C(F)(F)C(F)(F)Br)ccc2c1. The molecular weight excluding hydrogens is 520 g/mol. The van der Waals surface area contributed by atoms with E-state index in [0.717, 1.165) is 10.8 Å². The number of fused-ring (bicyclic) bond motifs is 1. The molecule has 9 heteroatoms. The van der Waals surface area contributed by atoms with Crippen LogP contribution in [-0.4, -0.2) is 36.5 Å². The summed E-state index contributed by atoms with van der Waals surface area (Å²) in [6.07, 6.45) is -2.51. The molecule has 0 heterocycles. The van der Waals surface area contributed by atoms with Crippen molar-refractivity contribution < 1.29 is 36.6 Å². The second-order valence-corrected chi connectivity index (χ2v) is 8.74. The van der Waals surface area contributed by atoms with Crippen molar-refractivity contribution in [3.8, 4) is 5.75 Å². The van der Waals surface area contributed by atoms with Gasteiger partial charge in [-0.1, -0.05) is 54.6 Å². The van der Waals surface area contributed by atoms with E-state index < -0.39 is 35.4 Å². The van der Waals surface area contributed by atoms with Gasteiger partial charge in [-0.25, -0.2) is 0 Å². The summed E-state index contributed by atoms with van der Waals surface area (Å²) in [6, 6.07) is 19.0. The summed E-state index contributed by atoms with van der Waals surface area (Å²) in [4.78, 5) is 8.10. The van der Waals surface area contributed by atoms with Crippen LogP contribution in [0.25, 0.3) is 10.8 Å². The highest BCUT2D eigenvalue weighted by atomic mass is 79.9. The van der Waals surface area contributed by atoms with E-state index in [9.17, 15) is 22.4 Å². The summed E-state index contributed by atoms with van der Waals surface area (Å²) in [5.41, 5.74) is 1.14. The lowest BCUT2D eigenvalue weighted by Crippen LogP contribution is -2.50. The number of benzene rings is 3. The van der Waals surface area contributed by atoms with Gasteiger partial charge in [-0.05, 0) is 56.9 Å². The molecule has 3 aromatic rings. The van der Waals surface area contributed by atoms with Crippen LogP contribution in [0.1, 0.15) is 24.0 Å². The first kappa shape index (κ1) is 26.0. The number of carbonyl (C=O) groups is 1. The minimum absolute atomic E-state index is 0.109. The van der Waals surface area contributed by atoms with Crippen LogP contribution in [0.3, 0.4) is 0 Å². The minimum Gasteiger partial charge on any atom is -0.497 e. The second kappa shape index (κ2) is 10.7. The van der Waals surface area contributed by atoms with Gasteiger partial charge in [-0.15, -0.1) is 0 Å². The zero-order valence-electron chi connectivity index (χ0n) is 18.4. The number of carbonyl (C=O) groups excluding carboxylic acids is 1. The van der Waals surface area contributed by atoms with Crippen LogP contribution in [0.15, 0.2) is 66.7 Å². The molecule has 0 saturated carbocycles. The Kier molecular flexibility index (Phi) is 8.20. The van der Waals surface area contributed by atoms with Crippen LogP contribution >= 0.6 is 15.9 Å². The molecule has 0 bridgehead atoms. The highest BCUT2D eigenvalue weighted by Gasteiger charge is 2.61. The third kappa shape index (κ3) is 6.07. The number of ether oxygens (including phenoxy) is 3. The Morgan fingerprint density at radius 3 is 2.26 bits per heavy atom. The van der Waals surface area contributed by atoms with Gasteiger partial charge in [-0.2, -0.15) is 17.6 Å². The van der Waals surface area contributed by atoms with Crippen LogP contribution in [0.2, 0.25) is 0 Å². The summed E-state index contributed by atoms with van der Waals surface area (Å²) in [5, 5.41) is 1.64. The maximum absolute atomic E-state index is 14.5. The molecule has 34 heavy (non-hydrogen) atoms. The quantitative estimate of drug-likeness (QED) is 0.162. The van der Waals surface area contributed by atoms with Gasteiger partial charge in [-0.3, -0.25) is 4.79 Å². The number of methoxy groups -OCH3 is 1. The van der Waals surface area contributed by atoms with Gasteiger partial charge in [0, 0.05) is 0 Å². The van der Waals surface area contributed by atoms with Crippen LogP contribution < -0.4 is 4.74 Å². The predicted octanol–water partition coefficient (Wildman–Crippen LogP) is 6.70. The van der Waals surface area contributed by atoms with Crippen LogP contribution in [-0.2, 0) is 20.9 Å². The number of hydrogen-bond donors (Lipinski definition) is 0. The van der Waals surface area contributed by atoms with Crippen molar-refractivity contribution in [1.29, 1.82) is 0 Å². The Hall–Kier alpha value is -2.65. The highest BCUT2D eigenvalue weighted by Crippen LogP contribution is 2.43. The average molecular weight is 543 g/mol. The molecule has 0 N–H and O–H groups in total. The number of esters is 1. The van der Waals surface area contributed by atoms with E-state index in [1.165, 1.54) is 6.92 Å². The second-order valence-electron chi connectivity index (χ2n) is 7.74. The molecule has 3 rings (SSSR count). The molecule has 4 nitrogen and oxygen atoms in total. The van der Waals surface area contributed by atoms with Crippen LogP contribution in [0.5, 0.6) is 5.75 Å². The molecule has 0 aliphatic carbocycles. The maximum atomic E-state index is 14.5. The Labute approximate surface area is 202 Å². The number of rotatable bonds is 10. The first-order valence-corrected chi connectivity index (χ1v) is 11.2. The van der Waals surface area contributed by atoms with E-state index >= 15 is 0 Å². The fourth-order valence-corrected chi connectivity index (χ4v) is 3.53. The lowest BCUT2D eigenvalue weighted by molar-refractivity contribution is -0.231. The number of alkyl halides is 5. The van der Waals surface area contributed by atoms with Gasteiger partial charge >= 0.3 is 16.7 Å². The van der Waals surface area contributed by atoms with Gasteiger partial charge in [0.15, 0.2) is 6.10 Å². The van der Waals surface area contributed by atoms with Gasteiger partial charge < -0.3 is 14.2 Å². The van der Waals surface area contributed by atoms with Crippen LogP contribution in [0.4, 0.5) is 17.6 Å². The third-order valence-corrected chi connectivity index (χ3v) is 5.88. The fraction of sp³-hybridized carbons (Fsp3) is 0.320. The zero-order chi connectivity index (χ0) is 24.9. The number of hydrogen-bond acceptors (Lipinski definition) is 4. The molecule has 182 valence electrons. The molecule has 0 aromatic heterocycles. The monoisotopic (exact) mass is 542 g/mol. The first-order chi connectivity index (χ1) is 16.0. The lowest BCUT2D eigenvalue weighted by Gasteiger charge is -2.30. The summed E-state index contributed by atoms with van der Waals surface area (Å²) in [7, 11) is 1.54. The lowest BCUT2D eigenvalue weighted by atomic mass is 9.97. The highest BCUT2D eigenvalue weighted by molar-refractivity contribution is 9.10. The fourth-order valence-electron chi connectivity index (χ4n) is 3.27. The molecule has 0 amide bonds. The Balaban J connectivity index is 1.76. The topological polar surface area (TPSA) is 44.8 Å². The number of halogens is 5. The smallest absolute Gasteiger partial charge is 0.367 e. The van der Waals surface area contributed by atoms with Crippen molar-refractivity contribution in [2.75, 3.05) is 13.7 Å². The molecule has 0 radical (unpaired) electrons. The maximum Gasteiger partial charge on any atom is 0.367 e. The van der Waals surface area contributed by atoms with E-state index in [0.29, 0.717) is 16.9 Å². The minimum atomic E-state index is -4.71. The Morgan fingerprint density at radius 2 is 1.62 bits per heavy atom. The Bertz CT molecular complexity index is 1120. The van der Waals surface area contributed by atoms with E-state index in [4.69, 9.17) is 14.2 Å². The van der Waals surface area contributed by atoms with Gasteiger partial charge in [0.1, 0.15) is 5.75 Å². The van der Waals surface area contributed by atoms with E-state index in [-0.39, 0.29) is 6.61 Å². The van der Waals surface area contributed by atoms with Crippen LogP contribution in [0, 0.1) is 0 Å². The predicted molar refractivity (Wildman–Crippen MR) is 124 cm³/mol. The van der Waals surface area contributed by atoms with E-state index in [1.54, 1.807) is 89.8 Å². The first-order valence-electron chi connectivity index (χ1n) is 10.4. The third-order valence-electron chi connectivity index (χ3n) is 5.35. The Morgan fingerprint density at radius 1 is 0.971 bits per heavy atom. The normalized spacial score (nSPS) is 14.0. The molecule has 3 aromatic carbocycles. The largest absolute Gasteiger partial charge is 0.497 e. The molecule has 0 spiro atoms. The standard InChI is InChI=1S/C25H23BrF4O4/c1-16(18-8-9-20-13-21(32-2)11-10-19(20)12-18)23(31)34-22(24(27,28)25(26,29)30)15-33-14-17-6-4-3-5-7-17/h3-13,16,22H,14-15H2,1-2H3/t16-,22+/m0/s1. The van der Waals surface area contributed by atoms with E-state index in [1.807, 2.05) is 0 Å².